The Labute approximate surface area is 99.4 Å². The number of hydrogen-bond acceptors (Lipinski definition) is 4. The molecule has 2 rings (SSSR count). The molecule has 0 aliphatic carbocycles. The van der Waals surface area contributed by atoms with E-state index in [1.807, 2.05) is 25.1 Å². The standard InChI is InChI=1S/C13H14N2O2/c1-3-17-13(16)12-10(14)7-9-5-4-8(2)6-11(9)15-12/h4-7H,3,14H2,1-2H3. The third-order valence-corrected chi connectivity index (χ3v) is 2.47. The van der Waals surface area contributed by atoms with Gasteiger partial charge in [-0.25, -0.2) is 9.78 Å². The molecule has 0 bridgehead atoms. The number of esters is 1. The molecule has 0 amide bonds. The molecule has 0 spiro atoms. The van der Waals surface area contributed by atoms with Crippen molar-refractivity contribution in [2.75, 3.05) is 12.3 Å². The summed E-state index contributed by atoms with van der Waals surface area (Å²) in [4.78, 5) is 15.9. The van der Waals surface area contributed by atoms with Crippen molar-refractivity contribution in [1.29, 1.82) is 0 Å². The van der Waals surface area contributed by atoms with Crippen molar-refractivity contribution < 1.29 is 9.53 Å². The van der Waals surface area contributed by atoms with Gasteiger partial charge in [0, 0.05) is 5.39 Å². The van der Waals surface area contributed by atoms with Crippen LogP contribution in [0.4, 0.5) is 5.69 Å². The first-order chi connectivity index (χ1) is 8.11. The minimum Gasteiger partial charge on any atom is -0.461 e. The number of nitrogens with two attached hydrogens (primary N) is 1. The summed E-state index contributed by atoms with van der Waals surface area (Å²) in [6.45, 7) is 4.03. The molecule has 0 radical (unpaired) electrons. The molecule has 0 unspecified atom stereocenters. The maximum atomic E-state index is 11.6. The van der Waals surface area contributed by atoms with Crippen LogP contribution in [-0.2, 0) is 4.74 Å². The van der Waals surface area contributed by atoms with E-state index >= 15 is 0 Å². The van der Waals surface area contributed by atoms with E-state index in [-0.39, 0.29) is 5.69 Å². The van der Waals surface area contributed by atoms with Gasteiger partial charge in [-0.15, -0.1) is 0 Å². The molecule has 4 nitrogen and oxygen atoms in total. The predicted molar refractivity (Wildman–Crippen MR) is 66.8 cm³/mol. The first kappa shape index (κ1) is 11.4. The molecule has 0 fully saturated rings. The van der Waals surface area contributed by atoms with Crippen molar-refractivity contribution in [2.24, 2.45) is 0 Å². The maximum Gasteiger partial charge on any atom is 0.359 e. The van der Waals surface area contributed by atoms with E-state index in [9.17, 15) is 4.79 Å². The number of nitrogen functional groups attached to an aromatic ring is 1. The highest BCUT2D eigenvalue weighted by atomic mass is 16.5. The van der Waals surface area contributed by atoms with Gasteiger partial charge >= 0.3 is 5.97 Å². The summed E-state index contributed by atoms with van der Waals surface area (Å²) in [5.74, 6) is -0.478. The molecule has 4 heteroatoms. The summed E-state index contributed by atoms with van der Waals surface area (Å²) in [5.41, 5.74) is 8.16. The molecule has 1 aromatic heterocycles. The average Bonchev–Trinajstić information content (AvgIpc) is 2.29. The highest BCUT2D eigenvalue weighted by Gasteiger charge is 2.13. The van der Waals surface area contributed by atoms with Crippen LogP contribution in [0.15, 0.2) is 24.3 Å². The van der Waals surface area contributed by atoms with Crippen LogP contribution in [0.3, 0.4) is 0 Å². The first-order valence-corrected chi connectivity index (χ1v) is 5.46. The quantitative estimate of drug-likeness (QED) is 0.804. The van der Waals surface area contributed by atoms with E-state index < -0.39 is 5.97 Å². The van der Waals surface area contributed by atoms with Gasteiger partial charge in [0.15, 0.2) is 5.69 Å². The Bertz CT molecular complexity index is 579. The lowest BCUT2D eigenvalue weighted by atomic mass is 10.1. The normalized spacial score (nSPS) is 10.5. The van der Waals surface area contributed by atoms with E-state index in [0.717, 1.165) is 16.5 Å². The van der Waals surface area contributed by atoms with Crippen LogP contribution in [0.5, 0.6) is 0 Å². The van der Waals surface area contributed by atoms with Crippen LogP contribution in [0.2, 0.25) is 0 Å². The number of aryl methyl sites for hydroxylation is 1. The third-order valence-electron chi connectivity index (χ3n) is 2.47. The largest absolute Gasteiger partial charge is 0.461 e. The van der Waals surface area contributed by atoms with Gasteiger partial charge in [-0.2, -0.15) is 0 Å². The lowest BCUT2D eigenvalue weighted by Crippen LogP contribution is -2.10. The highest BCUT2D eigenvalue weighted by Crippen LogP contribution is 2.20. The summed E-state index contributed by atoms with van der Waals surface area (Å²) < 4.78 is 4.91. The third kappa shape index (κ3) is 2.20. The Hall–Kier alpha value is -2.10. The van der Waals surface area contributed by atoms with Crippen molar-refractivity contribution >= 4 is 22.6 Å². The number of hydrogen-bond donors (Lipinski definition) is 1. The number of ether oxygens (including phenoxy) is 1. The van der Waals surface area contributed by atoms with E-state index in [0.29, 0.717) is 12.3 Å². The highest BCUT2D eigenvalue weighted by molar-refractivity contribution is 5.97. The molecule has 1 heterocycles. The van der Waals surface area contributed by atoms with Crippen molar-refractivity contribution in [3.05, 3.63) is 35.5 Å². The fraction of sp³-hybridized carbons (Fsp3) is 0.231. The predicted octanol–water partition coefficient (Wildman–Crippen LogP) is 2.30. The van der Waals surface area contributed by atoms with Crippen molar-refractivity contribution in [3.63, 3.8) is 0 Å². The minimum atomic E-state index is -0.478. The van der Waals surface area contributed by atoms with Gasteiger partial charge in [0.05, 0.1) is 17.8 Å². The molecular weight excluding hydrogens is 216 g/mol. The SMILES string of the molecule is CCOC(=O)c1nc2cc(C)ccc2cc1N. The fourth-order valence-electron chi connectivity index (χ4n) is 1.66. The fourth-order valence-corrected chi connectivity index (χ4v) is 1.66. The molecule has 88 valence electrons. The Kier molecular flexibility index (Phi) is 2.95. The van der Waals surface area contributed by atoms with Gasteiger partial charge < -0.3 is 10.5 Å². The molecule has 0 saturated carbocycles. The molecule has 0 atom stereocenters. The van der Waals surface area contributed by atoms with Crippen LogP contribution in [0.25, 0.3) is 10.9 Å². The molecule has 0 saturated heterocycles. The number of carbonyl (C=O) groups is 1. The first-order valence-electron chi connectivity index (χ1n) is 5.46. The van der Waals surface area contributed by atoms with Crippen LogP contribution in [0.1, 0.15) is 23.0 Å². The Balaban J connectivity index is 2.57. The second-order valence-electron chi connectivity index (χ2n) is 3.84. The molecule has 0 aliphatic heterocycles. The Morgan fingerprint density at radius 2 is 2.18 bits per heavy atom. The van der Waals surface area contributed by atoms with E-state index in [4.69, 9.17) is 10.5 Å². The van der Waals surface area contributed by atoms with E-state index in [1.165, 1.54) is 0 Å². The zero-order chi connectivity index (χ0) is 12.4. The van der Waals surface area contributed by atoms with Gasteiger partial charge in [-0.05, 0) is 31.5 Å². The molecule has 1 aromatic carbocycles. The lowest BCUT2D eigenvalue weighted by Gasteiger charge is -2.06. The number of benzene rings is 1. The second kappa shape index (κ2) is 4.41. The maximum absolute atomic E-state index is 11.6. The van der Waals surface area contributed by atoms with Crippen LogP contribution < -0.4 is 5.73 Å². The van der Waals surface area contributed by atoms with Crippen molar-refractivity contribution in [1.82, 2.24) is 4.98 Å². The van der Waals surface area contributed by atoms with Crippen LogP contribution in [0, 0.1) is 6.92 Å². The van der Waals surface area contributed by atoms with Crippen LogP contribution in [-0.4, -0.2) is 17.6 Å². The monoisotopic (exact) mass is 230 g/mol. The number of anilines is 1. The topological polar surface area (TPSA) is 65.2 Å². The molecular formula is C13H14N2O2. The molecule has 2 N–H and O–H groups in total. The summed E-state index contributed by atoms with van der Waals surface area (Å²) in [7, 11) is 0. The number of carbonyl (C=O) groups excluding carboxylic acids is 1. The smallest absolute Gasteiger partial charge is 0.359 e. The lowest BCUT2D eigenvalue weighted by molar-refractivity contribution is 0.0521. The summed E-state index contributed by atoms with van der Waals surface area (Å²) >= 11 is 0. The van der Waals surface area contributed by atoms with E-state index in [2.05, 4.69) is 4.98 Å². The summed E-state index contributed by atoms with van der Waals surface area (Å²) in [6.07, 6.45) is 0. The van der Waals surface area contributed by atoms with Gasteiger partial charge in [-0.3, -0.25) is 0 Å². The summed E-state index contributed by atoms with van der Waals surface area (Å²) in [6, 6.07) is 7.57. The number of aromatic nitrogens is 1. The van der Waals surface area contributed by atoms with Crippen molar-refractivity contribution in [3.8, 4) is 0 Å². The van der Waals surface area contributed by atoms with Gasteiger partial charge in [0.25, 0.3) is 0 Å². The van der Waals surface area contributed by atoms with Crippen LogP contribution >= 0.6 is 0 Å². The number of rotatable bonds is 2. The molecule has 2 aromatic rings. The molecule has 17 heavy (non-hydrogen) atoms. The number of fused-ring (bicyclic) bond motifs is 1. The van der Waals surface area contributed by atoms with Gasteiger partial charge in [0.2, 0.25) is 0 Å². The van der Waals surface area contributed by atoms with Crippen molar-refractivity contribution in [2.45, 2.75) is 13.8 Å². The van der Waals surface area contributed by atoms with E-state index in [1.54, 1.807) is 13.0 Å². The minimum absolute atomic E-state index is 0.185. The average molecular weight is 230 g/mol. The zero-order valence-corrected chi connectivity index (χ0v) is 9.86. The van der Waals surface area contributed by atoms with Gasteiger partial charge in [0.1, 0.15) is 0 Å². The molecule has 0 aliphatic rings. The number of pyridine rings is 1. The number of nitrogens with zero attached hydrogens (tertiary/aromatic N) is 1. The Morgan fingerprint density at radius 3 is 2.88 bits per heavy atom. The van der Waals surface area contributed by atoms with Gasteiger partial charge in [-0.1, -0.05) is 12.1 Å². The summed E-state index contributed by atoms with van der Waals surface area (Å²) in [5, 5.41) is 0.918. The second-order valence-corrected chi connectivity index (χ2v) is 3.84. The zero-order valence-electron chi connectivity index (χ0n) is 9.86. The Morgan fingerprint density at radius 1 is 1.41 bits per heavy atom.